The first-order valence-electron chi connectivity index (χ1n) is 8.60. The second-order valence-electron chi connectivity index (χ2n) is 6.32. The number of amides is 1. The van der Waals surface area contributed by atoms with Crippen molar-refractivity contribution in [1.29, 1.82) is 0 Å². The van der Waals surface area contributed by atoms with Gasteiger partial charge in [-0.3, -0.25) is 4.79 Å². The number of nitrogens with one attached hydrogen (secondary N) is 2. The molecule has 0 spiro atoms. The van der Waals surface area contributed by atoms with E-state index in [1.54, 1.807) is 0 Å². The van der Waals surface area contributed by atoms with Gasteiger partial charge in [-0.25, -0.2) is 17.5 Å². The van der Waals surface area contributed by atoms with Crippen LogP contribution in [0.2, 0.25) is 0 Å². The molecule has 0 atom stereocenters. The number of rotatable bonds is 8. The Labute approximate surface area is 148 Å². The van der Waals surface area contributed by atoms with Gasteiger partial charge < -0.3 is 10.2 Å². The van der Waals surface area contributed by atoms with Crippen molar-refractivity contribution in [3.8, 4) is 0 Å². The number of likely N-dealkylation sites (tertiary alicyclic amines) is 1. The van der Waals surface area contributed by atoms with Crippen molar-refractivity contribution < 1.29 is 17.6 Å². The summed E-state index contributed by atoms with van der Waals surface area (Å²) in [6, 6.07) is 4.60. The number of piperidine rings is 1. The highest BCUT2D eigenvalue weighted by atomic mass is 32.2. The molecule has 8 heteroatoms. The van der Waals surface area contributed by atoms with E-state index in [1.807, 2.05) is 11.9 Å². The summed E-state index contributed by atoms with van der Waals surface area (Å²) < 4.78 is 39.4. The Morgan fingerprint density at radius 2 is 1.84 bits per heavy atom. The Hall–Kier alpha value is -1.51. The number of hydrogen-bond donors (Lipinski definition) is 2. The van der Waals surface area contributed by atoms with E-state index >= 15 is 0 Å². The molecule has 1 saturated heterocycles. The maximum absolute atomic E-state index is 12.9. The first kappa shape index (κ1) is 19.8. The molecule has 0 aromatic heterocycles. The minimum Gasteiger partial charge on any atom is -0.343 e. The molecule has 140 valence electrons. The third-order valence-corrected chi connectivity index (χ3v) is 6.00. The standard InChI is InChI=1S/C17H26FN3O3S/c1-19-10-6-14-8-12-21(13-9-14)17(22)7-11-20-25(23,24)16-4-2-15(18)3-5-16/h2-5,14,19-20H,6-13H2,1H3. The van der Waals surface area contributed by atoms with E-state index in [2.05, 4.69) is 10.0 Å². The van der Waals surface area contributed by atoms with E-state index in [0.29, 0.717) is 5.92 Å². The molecule has 0 radical (unpaired) electrons. The molecule has 0 saturated carbocycles. The molecule has 1 aliphatic heterocycles. The van der Waals surface area contributed by atoms with Crippen LogP contribution < -0.4 is 10.0 Å². The van der Waals surface area contributed by atoms with Crippen LogP contribution in [0.1, 0.15) is 25.7 Å². The molecule has 2 N–H and O–H groups in total. The monoisotopic (exact) mass is 371 g/mol. The van der Waals surface area contributed by atoms with Crippen LogP contribution in [0.15, 0.2) is 29.2 Å². The van der Waals surface area contributed by atoms with Crippen LogP contribution in [0.4, 0.5) is 4.39 Å². The first-order valence-corrected chi connectivity index (χ1v) is 10.1. The Morgan fingerprint density at radius 3 is 2.44 bits per heavy atom. The van der Waals surface area contributed by atoms with Crippen molar-refractivity contribution in [2.75, 3.05) is 33.2 Å². The van der Waals surface area contributed by atoms with E-state index < -0.39 is 15.8 Å². The van der Waals surface area contributed by atoms with Gasteiger partial charge in [-0.05, 0) is 63.0 Å². The predicted molar refractivity (Wildman–Crippen MR) is 94.1 cm³/mol. The zero-order valence-electron chi connectivity index (χ0n) is 14.5. The summed E-state index contributed by atoms with van der Waals surface area (Å²) in [5.74, 6) is 0.120. The summed E-state index contributed by atoms with van der Waals surface area (Å²) in [5.41, 5.74) is 0. The van der Waals surface area contributed by atoms with Gasteiger partial charge in [0.25, 0.3) is 0 Å². The van der Waals surface area contributed by atoms with Gasteiger partial charge in [0.15, 0.2) is 0 Å². The van der Waals surface area contributed by atoms with E-state index in [0.717, 1.165) is 51.0 Å². The van der Waals surface area contributed by atoms with Crippen molar-refractivity contribution >= 4 is 15.9 Å². The lowest BCUT2D eigenvalue weighted by atomic mass is 9.93. The van der Waals surface area contributed by atoms with Gasteiger partial charge in [0.1, 0.15) is 5.82 Å². The first-order chi connectivity index (χ1) is 11.9. The average Bonchev–Trinajstić information content (AvgIpc) is 2.60. The molecule has 0 aliphatic carbocycles. The lowest BCUT2D eigenvalue weighted by molar-refractivity contribution is -0.132. The fraction of sp³-hybridized carbons (Fsp3) is 0.588. The third kappa shape index (κ3) is 6.05. The van der Waals surface area contributed by atoms with Crippen LogP contribution >= 0.6 is 0 Å². The fourth-order valence-corrected chi connectivity index (χ4v) is 4.00. The van der Waals surface area contributed by atoms with Crippen LogP contribution in [-0.2, 0) is 14.8 Å². The third-order valence-electron chi connectivity index (χ3n) is 4.52. The van der Waals surface area contributed by atoms with Crippen LogP contribution in [0.3, 0.4) is 0 Å². The Bertz CT molecular complexity index is 656. The van der Waals surface area contributed by atoms with Gasteiger partial charge in [-0.15, -0.1) is 0 Å². The van der Waals surface area contributed by atoms with Gasteiger partial charge in [0, 0.05) is 26.1 Å². The SMILES string of the molecule is CNCCC1CCN(C(=O)CCNS(=O)(=O)c2ccc(F)cc2)CC1. The van der Waals surface area contributed by atoms with E-state index in [-0.39, 0.29) is 23.8 Å². The summed E-state index contributed by atoms with van der Waals surface area (Å²) in [7, 11) is -1.78. The summed E-state index contributed by atoms with van der Waals surface area (Å²) in [5, 5.41) is 3.14. The highest BCUT2D eigenvalue weighted by molar-refractivity contribution is 7.89. The van der Waals surface area contributed by atoms with Gasteiger partial charge in [0.2, 0.25) is 15.9 Å². The van der Waals surface area contributed by atoms with Crippen molar-refractivity contribution in [1.82, 2.24) is 14.9 Å². The topological polar surface area (TPSA) is 78.5 Å². The minimum absolute atomic E-state index is 0.00769. The van der Waals surface area contributed by atoms with Crippen molar-refractivity contribution in [2.45, 2.75) is 30.6 Å². The van der Waals surface area contributed by atoms with Crippen LogP contribution in [0.25, 0.3) is 0 Å². The number of sulfonamides is 1. The number of halogens is 1. The van der Waals surface area contributed by atoms with Crippen molar-refractivity contribution in [2.24, 2.45) is 5.92 Å². The molecule has 0 unspecified atom stereocenters. The van der Waals surface area contributed by atoms with Crippen LogP contribution in [0, 0.1) is 11.7 Å². The quantitative estimate of drug-likeness (QED) is 0.723. The molecule has 6 nitrogen and oxygen atoms in total. The minimum atomic E-state index is -3.72. The highest BCUT2D eigenvalue weighted by Gasteiger charge is 2.22. The molecule has 1 heterocycles. The van der Waals surface area contributed by atoms with Crippen molar-refractivity contribution in [3.63, 3.8) is 0 Å². The lowest BCUT2D eigenvalue weighted by Gasteiger charge is -2.32. The highest BCUT2D eigenvalue weighted by Crippen LogP contribution is 2.20. The van der Waals surface area contributed by atoms with E-state index in [9.17, 15) is 17.6 Å². The fourth-order valence-electron chi connectivity index (χ4n) is 2.97. The van der Waals surface area contributed by atoms with Crippen molar-refractivity contribution in [3.05, 3.63) is 30.1 Å². The zero-order valence-corrected chi connectivity index (χ0v) is 15.3. The Balaban J connectivity index is 1.74. The normalized spacial score (nSPS) is 16.2. The molecule has 0 bridgehead atoms. The number of carbonyl (C=O) groups is 1. The molecular formula is C17H26FN3O3S. The van der Waals surface area contributed by atoms with E-state index in [4.69, 9.17) is 0 Å². The molecule has 1 aromatic rings. The van der Waals surface area contributed by atoms with Gasteiger partial charge in [-0.2, -0.15) is 0 Å². The summed E-state index contributed by atoms with van der Waals surface area (Å²) >= 11 is 0. The molecule has 1 fully saturated rings. The smallest absolute Gasteiger partial charge is 0.240 e. The summed E-state index contributed by atoms with van der Waals surface area (Å²) in [4.78, 5) is 14.0. The number of nitrogens with zero attached hydrogens (tertiary/aromatic N) is 1. The molecule has 1 aliphatic rings. The van der Waals surface area contributed by atoms with Gasteiger partial charge in [-0.1, -0.05) is 0 Å². The molecule has 25 heavy (non-hydrogen) atoms. The second-order valence-corrected chi connectivity index (χ2v) is 8.09. The van der Waals surface area contributed by atoms with Crippen LogP contribution in [-0.4, -0.2) is 52.5 Å². The Kier molecular flexibility index (Phi) is 7.34. The van der Waals surface area contributed by atoms with Gasteiger partial charge in [0.05, 0.1) is 4.90 Å². The zero-order chi connectivity index (χ0) is 18.3. The molecular weight excluding hydrogens is 345 g/mol. The van der Waals surface area contributed by atoms with E-state index in [1.165, 1.54) is 12.1 Å². The average molecular weight is 371 g/mol. The summed E-state index contributed by atoms with van der Waals surface area (Å²) in [6.07, 6.45) is 3.24. The summed E-state index contributed by atoms with van der Waals surface area (Å²) in [6.45, 7) is 2.50. The lowest BCUT2D eigenvalue weighted by Crippen LogP contribution is -2.40. The maximum Gasteiger partial charge on any atom is 0.240 e. The number of carbonyl (C=O) groups excluding carboxylic acids is 1. The predicted octanol–water partition coefficient (Wildman–Crippen LogP) is 1.34. The molecule has 1 aromatic carbocycles. The second kappa shape index (κ2) is 9.26. The number of benzene rings is 1. The van der Waals surface area contributed by atoms with Gasteiger partial charge >= 0.3 is 0 Å². The molecule has 2 rings (SSSR count). The molecule has 1 amide bonds. The largest absolute Gasteiger partial charge is 0.343 e. The maximum atomic E-state index is 12.9. The van der Waals surface area contributed by atoms with Crippen LogP contribution in [0.5, 0.6) is 0 Å². The Morgan fingerprint density at radius 1 is 1.20 bits per heavy atom. The number of hydrogen-bond acceptors (Lipinski definition) is 4.